The van der Waals surface area contributed by atoms with E-state index in [1.54, 1.807) is 18.8 Å². The maximum Gasteiger partial charge on any atom is 0.245 e. The summed E-state index contributed by atoms with van der Waals surface area (Å²) >= 11 is 1.63. The van der Waals surface area contributed by atoms with Crippen molar-refractivity contribution in [2.24, 2.45) is 11.7 Å². The summed E-state index contributed by atoms with van der Waals surface area (Å²) in [5.41, 5.74) is 8.84. The Labute approximate surface area is 299 Å². The van der Waals surface area contributed by atoms with Gasteiger partial charge in [-0.05, 0) is 86.3 Å². The van der Waals surface area contributed by atoms with Gasteiger partial charge in [-0.3, -0.25) is 14.4 Å². The van der Waals surface area contributed by atoms with E-state index in [2.05, 4.69) is 38.4 Å². The number of fused-ring (bicyclic) bond motifs is 2. The zero-order chi connectivity index (χ0) is 35.1. The fraction of sp³-hybridized carbons (Fsp3) is 0.410. The molecule has 0 aliphatic carbocycles. The summed E-state index contributed by atoms with van der Waals surface area (Å²) in [7, 11) is 1.67. The molecule has 0 saturated carbocycles. The number of aromatic amines is 1. The number of aromatic nitrogens is 1. The summed E-state index contributed by atoms with van der Waals surface area (Å²) < 4.78 is 0. The van der Waals surface area contributed by atoms with Gasteiger partial charge in [-0.15, -0.1) is 0 Å². The van der Waals surface area contributed by atoms with Gasteiger partial charge in [-0.25, -0.2) is 0 Å². The molecule has 11 heteroatoms. The third-order valence-electron chi connectivity index (χ3n) is 9.53. The second-order valence-electron chi connectivity index (χ2n) is 12.9. The molecule has 1 saturated heterocycles. The van der Waals surface area contributed by atoms with Gasteiger partial charge >= 0.3 is 0 Å². The number of likely N-dealkylation sites (N-methyl/N-ethyl adjacent to an activating group) is 1. The topological polar surface area (TPSA) is 144 Å². The minimum absolute atomic E-state index is 0.105. The van der Waals surface area contributed by atoms with Crippen molar-refractivity contribution in [1.82, 2.24) is 31.2 Å². The summed E-state index contributed by atoms with van der Waals surface area (Å²) in [4.78, 5) is 48.5. The van der Waals surface area contributed by atoms with E-state index in [0.717, 1.165) is 59.3 Å². The number of piperidine rings is 1. The average molecular weight is 698 g/mol. The number of thioether (sulfide) groups is 1. The largest absolute Gasteiger partial charge is 0.361 e. The van der Waals surface area contributed by atoms with Crippen LogP contribution in [0.5, 0.6) is 0 Å². The van der Waals surface area contributed by atoms with Gasteiger partial charge < -0.3 is 36.9 Å². The van der Waals surface area contributed by atoms with Gasteiger partial charge in [0, 0.05) is 48.6 Å². The number of hydrogen-bond donors (Lipinski definition) is 6. The van der Waals surface area contributed by atoms with E-state index in [4.69, 9.17) is 5.73 Å². The number of para-hydroxylation sites is 1. The molecule has 50 heavy (non-hydrogen) atoms. The van der Waals surface area contributed by atoms with E-state index in [9.17, 15) is 14.4 Å². The van der Waals surface area contributed by atoms with Crippen LogP contribution in [0, 0.1) is 5.92 Å². The molecule has 5 rings (SSSR count). The Balaban J connectivity index is 1.46. The number of amides is 3. The summed E-state index contributed by atoms with van der Waals surface area (Å²) in [6, 6.07) is 14.0. The van der Waals surface area contributed by atoms with Crippen LogP contribution < -0.4 is 27.0 Å². The van der Waals surface area contributed by atoms with Crippen LogP contribution in [0.2, 0.25) is 0 Å². The van der Waals surface area contributed by atoms with Gasteiger partial charge in [0.1, 0.15) is 12.1 Å². The van der Waals surface area contributed by atoms with Crippen molar-refractivity contribution in [3.8, 4) is 0 Å². The molecule has 266 valence electrons. The Morgan fingerprint density at radius 2 is 1.70 bits per heavy atom. The Morgan fingerprint density at radius 1 is 0.920 bits per heavy atom. The van der Waals surface area contributed by atoms with E-state index < -0.39 is 18.1 Å². The van der Waals surface area contributed by atoms with Crippen molar-refractivity contribution >= 4 is 40.4 Å². The number of nitrogens with two attached hydrogens (primary N) is 1. The molecule has 2 aliphatic rings. The van der Waals surface area contributed by atoms with E-state index in [1.807, 2.05) is 78.4 Å². The van der Waals surface area contributed by atoms with Gasteiger partial charge in [0.25, 0.3) is 0 Å². The first-order valence-corrected chi connectivity index (χ1v) is 18.6. The van der Waals surface area contributed by atoms with Gasteiger partial charge in [0.2, 0.25) is 17.7 Å². The smallest absolute Gasteiger partial charge is 0.245 e. The minimum Gasteiger partial charge on any atom is -0.361 e. The Bertz CT molecular complexity index is 1660. The maximum absolute atomic E-state index is 14.4. The third-order valence-corrected chi connectivity index (χ3v) is 10.5. The number of carbonyl (C=O) groups excluding carboxylic acids is 3. The second kappa shape index (κ2) is 19.3. The van der Waals surface area contributed by atoms with Crippen LogP contribution in [0.15, 0.2) is 95.4 Å². The predicted octanol–water partition coefficient (Wildman–Crippen LogP) is 4.16. The minimum atomic E-state index is -0.810. The molecule has 3 amide bonds. The molecule has 3 heterocycles. The summed E-state index contributed by atoms with van der Waals surface area (Å²) in [6.45, 7) is 2.98. The SMILES string of the molecule is CN1C(=O)[C@H](CCCCN)NC(=O)[C@H](C2CCNCC2)NCc2ccccc2SC=CC=CC=CCNC(=O)[C@@H]1Cc1c[nH]c2ccccc12. The fourth-order valence-electron chi connectivity index (χ4n) is 6.67. The van der Waals surface area contributed by atoms with Crippen molar-refractivity contribution in [1.29, 1.82) is 0 Å². The van der Waals surface area contributed by atoms with E-state index >= 15 is 0 Å². The molecule has 10 nitrogen and oxygen atoms in total. The standard InChI is InChI=1S/C39H51N7O3S/c1-46-34(25-30-27-43-32-15-7-6-14-31(30)32)37(47)42-21-11-3-2-4-12-24-50-35-17-8-5-13-29(35)26-44-36(28-18-22-41-23-19-28)38(48)45-33(39(46)49)16-9-10-20-40/h2-8,11-15,17,24,27-28,33-34,36,41,43-44H,9-10,16,18-23,25-26,40H2,1H3,(H,42,47)(H,45,48)/t33-,34-,36-/m0/s1. The molecule has 2 aromatic carbocycles. The van der Waals surface area contributed by atoms with Crippen molar-refractivity contribution in [2.45, 2.75) is 68.1 Å². The van der Waals surface area contributed by atoms with Crippen molar-refractivity contribution in [2.75, 3.05) is 33.2 Å². The highest BCUT2D eigenvalue weighted by molar-refractivity contribution is 8.02. The summed E-state index contributed by atoms with van der Waals surface area (Å²) in [6.07, 6.45) is 15.3. The lowest BCUT2D eigenvalue weighted by molar-refractivity contribution is -0.142. The third kappa shape index (κ3) is 10.2. The highest BCUT2D eigenvalue weighted by Crippen LogP contribution is 2.25. The summed E-state index contributed by atoms with van der Waals surface area (Å²) in [5.74, 6) is -0.647. The molecular formula is C39H51N7O3S. The number of unbranched alkanes of at least 4 members (excludes halogenated alkanes) is 1. The first-order valence-electron chi connectivity index (χ1n) is 17.7. The van der Waals surface area contributed by atoms with E-state index in [-0.39, 0.29) is 23.6 Å². The molecule has 0 unspecified atom stereocenters. The summed E-state index contributed by atoms with van der Waals surface area (Å²) in [5, 5.41) is 16.2. The monoisotopic (exact) mass is 697 g/mol. The van der Waals surface area contributed by atoms with E-state index in [0.29, 0.717) is 38.9 Å². The maximum atomic E-state index is 14.4. The van der Waals surface area contributed by atoms with Crippen LogP contribution in [-0.2, 0) is 27.3 Å². The van der Waals surface area contributed by atoms with Crippen LogP contribution >= 0.6 is 11.8 Å². The van der Waals surface area contributed by atoms with Crippen LogP contribution in [0.1, 0.15) is 43.2 Å². The number of hydrogen-bond acceptors (Lipinski definition) is 7. The molecule has 0 spiro atoms. The molecule has 0 bridgehead atoms. The number of carbonyl (C=O) groups is 3. The lowest BCUT2D eigenvalue weighted by atomic mass is 9.89. The average Bonchev–Trinajstić information content (AvgIpc) is 3.55. The van der Waals surface area contributed by atoms with Gasteiger partial charge in [-0.1, -0.05) is 78.5 Å². The first-order chi connectivity index (χ1) is 24.5. The van der Waals surface area contributed by atoms with Crippen LogP contribution in [-0.4, -0.2) is 79.0 Å². The Morgan fingerprint density at radius 3 is 2.54 bits per heavy atom. The van der Waals surface area contributed by atoms with Gasteiger partial charge in [0.05, 0.1) is 6.04 Å². The normalized spacial score (nSPS) is 22.2. The number of benzene rings is 2. The molecule has 2 aliphatic heterocycles. The van der Waals surface area contributed by atoms with Crippen molar-refractivity contribution in [3.63, 3.8) is 0 Å². The highest BCUT2D eigenvalue weighted by Gasteiger charge is 2.35. The predicted molar refractivity (Wildman–Crippen MR) is 202 cm³/mol. The second-order valence-corrected chi connectivity index (χ2v) is 13.9. The molecule has 0 radical (unpaired) electrons. The van der Waals surface area contributed by atoms with Crippen LogP contribution in [0.3, 0.4) is 0 Å². The zero-order valence-electron chi connectivity index (χ0n) is 28.9. The molecule has 3 atom stereocenters. The molecule has 3 aromatic rings. The molecule has 7 N–H and O–H groups in total. The first kappa shape index (κ1) is 37.1. The molecule has 1 aromatic heterocycles. The van der Waals surface area contributed by atoms with Crippen molar-refractivity contribution in [3.05, 3.63) is 102 Å². The number of nitrogens with one attached hydrogen (secondary N) is 5. The lowest BCUT2D eigenvalue weighted by Gasteiger charge is -2.34. The number of nitrogens with zero attached hydrogens (tertiary/aromatic N) is 1. The van der Waals surface area contributed by atoms with Gasteiger partial charge in [-0.2, -0.15) is 0 Å². The van der Waals surface area contributed by atoms with Gasteiger partial charge in [0.15, 0.2) is 0 Å². The fourth-order valence-corrected chi connectivity index (χ4v) is 7.44. The number of H-pyrrole nitrogens is 1. The molecular weight excluding hydrogens is 647 g/mol. The van der Waals surface area contributed by atoms with E-state index in [1.165, 1.54) is 4.90 Å². The Hall–Kier alpha value is -4.16. The zero-order valence-corrected chi connectivity index (χ0v) is 29.7. The highest BCUT2D eigenvalue weighted by atomic mass is 32.2. The van der Waals surface area contributed by atoms with Crippen LogP contribution in [0.25, 0.3) is 10.9 Å². The van der Waals surface area contributed by atoms with Crippen molar-refractivity contribution < 1.29 is 14.4 Å². The molecule has 1 fully saturated rings. The quantitative estimate of drug-likeness (QED) is 0.204. The lowest BCUT2D eigenvalue weighted by Crippen LogP contribution is -2.58. The number of rotatable bonds is 7. The Kier molecular flexibility index (Phi) is 14.3. The van der Waals surface area contributed by atoms with Crippen LogP contribution in [0.4, 0.5) is 0 Å². The number of allylic oxidation sites excluding steroid dienone is 4.